The molecule has 0 fully saturated rings. The predicted molar refractivity (Wildman–Crippen MR) is 113 cm³/mol. The highest BCUT2D eigenvalue weighted by molar-refractivity contribution is 5.77. The SMILES string of the molecule is CCCCCCCC/C=C\CCCCCCCCC(O)C(O)(CC)C(=O)O. The molecule has 0 radical (unpaired) electrons. The second kappa shape index (κ2) is 17.2. The van der Waals surface area contributed by atoms with Crippen molar-refractivity contribution in [3.8, 4) is 0 Å². The lowest BCUT2D eigenvalue weighted by Gasteiger charge is -2.27. The van der Waals surface area contributed by atoms with Crippen molar-refractivity contribution in [1.82, 2.24) is 0 Å². The van der Waals surface area contributed by atoms with E-state index < -0.39 is 17.7 Å². The Kier molecular flexibility index (Phi) is 16.7. The average molecular weight is 385 g/mol. The van der Waals surface area contributed by atoms with E-state index in [1.807, 2.05) is 0 Å². The zero-order valence-electron chi connectivity index (χ0n) is 17.8. The summed E-state index contributed by atoms with van der Waals surface area (Å²) in [5.41, 5.74) is -2.00. The zero-order chi connectivity index (χ0) is 20.4. The number of unbranched alkanes of at least 4 members (excludes halogenated alkanes) is 12. The maximum absolute atomic E-state index is 11.1. The molecule has 2 unspecified atom stereocenters. The minimum atomic E-state index is -2.00. The van der Waals surface area contributed by atoms with Gasteiger partial charge in [-0.15, -0.1) is 0 Å². The third kappa shape index (κ3) is 13.0. The molecule has 0 aromatic carbocycles. The second-order valence-electron chi connectivity index (χ2n) is 7.83. The van der Waals surface area contributed by atoms with Crippen molar-refractivity contribution in [2.75, 3.05) is 0 Å². The Bertz CT molecular complexity index is 381. The van der Waals surface area contributed by atoms with Crippen molar-refractivity contribution >= 4 is 5.97 Å². The van der Waals surface area contributed by atoms with Gasteiger partial charge in [0, 0.05) is 0 Å². The molecule has 27 heavy (non-hydrogen) atoms. The summed E-state index contributed by atoms with van der Waals surface area (Å²) in [7, 11) is 0. The number of carboxylic acid groups (broad SMARTS) is 1. The van der Waals surface area contributed by atoms with E-state index >= 15 is 0 Å². The number of carbonyl (C=O) groups is 1. The summed E-state index contributed by atoms with van der Waals surface area (Å²) in [6.07, 6.45) is 20.8. The summed E-state index contributed by atoms with van der Waals surface area (Å²) in [6, 6.07) is 0. The molecule has 0 saturated heterocycles. The molecule has 0 amide bonds. The van der Waals surface area contributed by atoms with Gasteiger partial charge >= 0.3 is 5.97 Å². The van der Waals surface area contributed by atoms with Crippen molar-refractivity contribution < 1.29 is 20.1 Å². The summed E-state index contributed by atoms with van der Waals surface area (Å²) in [5, 5.41) is 28.9. The first kappa shape index (κ1) is 26.1. The van der Waals surface area contributed by atoms with E-state index in [0.29, 0.717) is 6.42 Å². The van der Waals surface area contributed by atoms with Crippen LogP contribution in [0.15, 0.2) is 12.2 Å². The van der Waals surface area contributed by atoms with Gasteiger partial charge in [0.2, 0.25) is 0 Å². The topological polar surface area (TPSA) is 77.8 Å². The lowest BCUT2D eigenvalue weighted by atomic mass is 9.90. The van der Waals surface area contributed by atoms with Gasteiger partial charge in [0.1, 0.15) is 0 Å². The van der Waals surface area contributed by atoms with E-state index in [0.717, 1.165) is 25.7 Å². The maximum atomic E-state index is 11.1. The van der Waals surface area contributed by atoms with Gasteiger partial charge in [-0.2, -0.15) is 0 Å². The van der Waals surface area contributed by atoms with Gasteiger partial charge in [0.05, 0.1) is 6.10 Å². The Morgan fingerprint density at radius 2 is 1.26 bits per heavy atom. The van der Waals surface area contributed by atoms with Crippen LogP contribution < -0.4 is 0 Å². The molecule has 0 aromatic heterocycles. The van der Waals surface area contributed by atoms with Gasteiger partial charge in [0.15, 0.2) is 5.60 Å². The Balaban J connectivity index is 3.45. The number of hydrogen-bond acceptors (Lipinski definition) is 3. The standard InChI is InChI=1S/C23H44O4/c1-3-5-6-7-8-9-10-11-12-13-14-15-16-17-18-19-20-21(24)23(27,4-2)22(25)26/h11-12,21,24,27H,3-10,13-20H2,1-2H3,(H,25,26)/b12-11-. The first-order valence-corrected chi connectivity index (χ1v) is 11.3. The smallest absolute Gasteiger partial charge is 0.338 e. The molecule has 160 valence electrons. The molecule has 2 atom stereocenters. The minimum absolute atomic E-state index is 0.0237. The molecular weight excluding hydrogens is 340 g/mol. The first-order chi connectivity index (χ1) is 13.0. The van der Waals surface area contributed by atoms with Gasteiger partial charge in [-0.3, -0.25) is 0 Å². The van der Waals surface area contributed by atoms with E-state index in [-0.39, 0.29) is 6.42 Å². The van der Waals surface area contributed by atoms with Crippen molar-refractivity contribution in [2.24, 2.45) is 0 Å². The van der Waals surface area contributed by atoms with Crippen LogP contribution in [-0.2, 0) is 4.79 Å². The number of rotatable bonds is 19. The summed E-state index contributed by atoms with van der Waals surface area (Å²) >= 11 is 0. The zero-order valence-corrected chi connectivity index (χ0v) is 17.8. The molecule has 4 nitrogen and oxygen atoms in total. The van der Waals surface area contributed by atoms with Gasteiger partial charge in [-0.25, -0.2) is 4.79 Å². The molecule has 0 aliphatic carbocycles. The fourth-order valence-corrected chi connectivity index (χ4v) is 3.35. The number of allylic oxidation sites excluding steroid dienone is 2. The van der Waals surface area contributed by atoms with Crippen LogP contribution in [0.5, 0.6) is 0 Å². The van der Waals surface area contributed by atoms with Gasteiger partial charge in [0.25, 0.3) is 0 Å². The normalized spacial score (nSPS) is 15.1. The quantitative estimate of drug-likeness (QED) is 0.188. The van der Waals surface area contributed by atoms with Crippen molar-refractivity contribution in [3.05, 3.63) is 12.2 Å². The van der Waals surface area contributed by atoms with Gasteiger partial charge in [-0.05, 0) is 38.5 Å². The highest BCUT2D eigenvalue weighted by Crippen LogP contribution is 2.21. The fourth-order valence-electron chi connectivity index (χ4n) is 3.35. The van der Waals surface area contributed by atoms with Crippen molar-refractivity contribution in [1.29, 1.82) is 0 Å². The highest BCUT2D eigenvalue weighted by Gasteiger charge is 2.41. The van der Waals surface area contributed by atoms with Crippen LogP contribution in [-0.4, -0.2) is 33.0 Å². The van der Waals surface area contributed by atoms with Crippen LogP contribution in [0.4, 0.5) is 0 Å². The largest absolute Gasteiger partial charge is 0.479 e. The van der Waals surface area contributed by atoms with Crippen molar-refractivity contribution in [2.45, 2.75) is 128 Å². The fraction of sp³-hybridized carbons (Fsp3) is 0.870. The third-order valence-electron chi connectivity index (χ3n) is 5.45. The van der Waals surface area contributed by atoms with Crippen LogP contribution in [0.25, 0.3) is 0 Å². The molecule has 0 heterocycles. The Hall–Kier alpha value is -0.870. The predicted octanol–water partition coefficient (Wildman–Crippen LogP) is 6.00. The summed E-state index contributed by atoms with van der Waals surface area (Å²) in [4.78, 5) is 11.1. The van der Waals surface area contributed by atoms with Crippen LogP contribution >= 0.6 is 0 Å². The molecule has 0 aliphatic heterocycles. The monoisotopic (exact) mass is 384 g/mol. The van der Waals surface area contributed by atoms with Gasteiger partial charge < -0.3 is 15.3 Å². The molecule has 0 spiro atoms. The van der Waals surface area contributed by atoms with Crippen LogP contribution in [0.2, 0.25) is 0 Å². The second-order valence-corrected chi connectivity index (χ2v) is 7.83. The lowest BCUT2D eigenvalue weighted by Crippen LogP contribution is -2.49. The molecular formula is C23H44O4. The molecule has 0 saturated carbocycles. The van der Waals surface area contributed by atoms with Gasteiger partial charge in [-0.1, -0.05) is 90.2 Å². The van der Waals surface area contributed by atoms with Crippen molar-refractivity contribution in [3.63, 3.8) is 0 Å². The molecule has 3 N–H and O–H groups in total. The molecule has 0 aromatic rings. The average Bonchev–Trinajstić information content (AvgIpc) is 2.66. The molecule has 0 bridgehead atoms. The minimum Gasteiger partial charge on any atom is -0.479 e. The van der Waals surface area contributed by atoms with E-state index in [1.54, 1.807) is 6.92 Å². The number of hydrogen-bond donors (Lipinski definition) is 3. The molecule has 0 rings (SSSR count). The van der Waals surface area contributed by atoms with Crippen LogP contribution in [0, 0.1) is 0 Å². The number of carboxylic acids is 1. The Labute approximate surface area is 167 Å². The summed E-state index contributed by atoms with van der Waals surface area (Å²) in [5.74, 6) is -1.33. The van der Waals surface area contributed by atoms with E-state index in [9.17, 15) is 15.0 Å². The third-order valence-corrected chi connectivity index (χ3v) is 5.45. The summed E-state index contributed by atoms with van der Waals surface area (Å²) < 4.78 is 0. The highest BCUT2D eigenvalue weighted by atomic mass is 16.4. The number of aliphatic hydroxyl groups excluding tert-OH is 1. The number of aliphatic carboxylic acids is 1. The molecule has 4 heteroatoms. The molecule has 0 aliphatic rings. The van der Waals surface area contributed by atoms with Crippen LogP contribution in [0.3, 0.4) is 0 Å². The van der Waals surface area contributed by atoms with E-state index in [4.69, 9.17) is 5.11 Å². The number of aliphatic hydroxyl groups is 2. The van der Waals surface area contributed by atoms with Crippen LogP contribution in [0.1, 0.15) is 117 Å². The Morgan fingerprint density at radius 1 is 0.815 bits per heavy atom. The Morgan fingerprint density at radius 3 is 1.70 bits per heavy atom. The maximum Gasteiger partial charge on any atom is 0.338 e. The van der Waals surface area contributed by atoms with E-state index in [2.05, 4.69) is 19.1 Å². The first-order valence-electron chi connectivity index (χ1n) is 11.3. The summed E-state index contributed by atoms with van der Waals surface area (Å²) in [6.45, 7) is 3.83. The van der Waals surface area contributed by atoms with E-state index in [1.165, 1.54) is 64.2 Å². The lowest BCUT2D eigenvalue weighted by molar-refractivity contribution is -0.172.